The molecular weight excluding hydrogens is 176 g/mol. The van der Waals surface area contributed by atoms with Crippen molar-refractivity contribution in [3.05, 3.63) is 21.4 Å². The minimum Gasteiger partial charge on any atom is -0.148 e. The maximum Gasteiger partial charge on any atom is 0.0485 e. The van der Waals surface area contributed by atoms with Crippen molar-refractivity contribution in [3.8, 4) is 0 Å². The van der Waals surface area contributed by atoms with Crippen LogP contribution in [0.2, 0.25) is 0 Å². The number of thiophene rings is 1. The first kappa shape index (κ1) is 7.63. The summed E-state index contributed by atoms with van der Waals surface area (Å²) in [6.07, 6.45) is 5.28. The molecule has 0 unspecified atom stereocenters. The maximum absolute atomic E-state index is 5.81. The second kappa shape index (κ2) is 3.16. The summed E-state index contributed by atoms with van der Waals surface area (Å²) in [5.74, 6) is 0.700. The van der Waals surface area contributed by atoms with Crippen molar-refractivity contribution in [2.45, 2.75) is 31.6 Å². The van der Waals surface area contributed by atoms with Crippen LogP contribution in [0.5, 0.6) is 0 Å². The molecule has 0 N–H and O–H groups in total. The zero-order valence-electron chi connectivity index (χ0n) is 6.40. The summed E-state index contributed by atoms with van der Waals surface area (Å²) in [6, 6.07) is 0. The maximum atomic E-state index is 5.81. The molecule has 1 heterocycles. The summed E-state index contributed by atoms with van der Waals surface area (Å²) >= 11 is 7.70. The molecule has 0 amide bonds. The third kappa shape index (κ3) is 1.32. The van der Waals surface area contributed by atoms with E-state index in [2.05, 4.69) is 5.38 Å². The Hall–Kier alpha value is -0.0100. The fraction of sp³-hybridized carbons (Fsp3) is 0.556. The number of halogens is 1. The molecule has 60 valence electrons. The van der Waals surface area contributed by atoms with E-state index in [4.69, 9.17) is 11.6 Å². The highest BCUT2D eigenvalue weighted by Gasteiger charge is 2.14. The molecule has 0 radical (unpaired) electrons. The molecular formula is C9H11ClS. The van der Waals surface area contributed by atoms with E-state index in [1.165, 1.54) is 31.2 Å². The molecule has 0 atom stereocenters. The van der Waals surface area contributed by atoms with Gasteiger partial charge in [0.05, 0.1) is 0 Å². The lowest BCUT2D eigenvalue weighted by molar-refractivity contribution is 0.693. The summed E-state index contributed by atoms with van der Waals surface area (Å²) < 4.78 is 0. The number of hydrogen-bond acceptors (Lipinski definition) is 1. The number of rotatable bonds is 1. The Morgan fingerprint density at radius 1 is 1.36 bits per heavy atom. The number of alkyl halides is 1. The van der Waals surface area contributed by atoms with Crippen molar-refractivity contribution >= 4 is 22.9 Å². The van der Waals surface area contributed by atoms with Crippen molar-refractivity contribution in [2.24, 2.45) is 0 Å². The van der Waals surface area contributed by atoms with E-state index in [0.29, 0.717) is 5.88 Å². The van der Waals surface area contributed by atoms with Crippen LogP contribution in [0.15, 0.2) is 5.38 Å². The third-order valence-corrected chi connectivity index (χ3v) is 3.72. The van der Waals surface area contributed by atoms with Crippen LogP contribution in [0.1, 0.15) is 28.8 Å². The highest BCUT2D eigenvalue weighted by molar-refractivity contribution is 7.10. The van der Waals surface area contributed by atoms with Gasteiger partial charge in [0.1, 0.15) is 0 Å². The van der Waals surface area contributed by atoms with Gasteiger partial charge in [0.2, 0.25) is 0 Å². The van der Waals surface area contributed by atoms with E-state index in [0.717, 1.165) is 0 Å². The van der Waals surface area contributed by atoms with Gasteiger partial charge in [-0.2, -0.15) is 0 Å². The van der Waals surface area contributed by atoms with Gasteiger partial charge in [-0.15, -0.1) is 22.9 Å². The molecule has 0 aromatic carbocycles. The first-order valence-corrected chi connectivity index (χ1v) is 5.47. The first-order valence-electron chi connectivity index (χ1n) is 4.06. The van der Waals surface area contributed by atoms with Gasteiger partial charge >= 0.3 is 0 Å². The Balaban J connectivity index is 2.38. The minimum absolute atomic E-state index is 0.700. The second-order valence-electron chi connectivity index (χ2n) is 3.00. The Morgan fingerprint density at radius 3 is 3.00 bits per heavy atom. The van der Waals surface area contributed by atoms with Crippen LogP contribution < -0.4 is 0 Å². The second-order valence-corrected chi connectivity index (χ2v) is 4.23. The number of hydrogen-bond donors (Lipinski definition) is 0. The van der Waals surface area contributed by atoms with Crippen LogP contribution in [0.3, 0.4) is 0 Å². The average Bonchev–Trinajstić information content (AvgIpc) is 2.47. The van der Waals surface area contributed by atoms with E-state index in [9.17, 15) is 0 Å². The van der Waals surface area contributed by atoms with Gasteiger partial charge < -0.3 is 0 Å². The fourth-order valence-corrected chi connectivity index (χ4v) is 3.15. The van der Waals surface area contributed by atoms with Crippen LogP contribution in [-0.2, 0) is 18.7 Å². The van der Waals surface area contributed by atoms with E-state index in [-0.39, 0.29) is 0 Å². The Labute approximate surface area is 76.2 Å². The molecule has 1 aromatic rings. The lowest BCUT2D eigenvalue weighted by Crippen LogP contribution is -1.99. The topological polar surface area (TPSA) is 0 Å². The molecule has 0 nitrogen and oxygen atoms in total. The molecule has 0 saturated carbocycles. The lowest BCUT2D eigenvalue weighted by Gasteiger charge is -2.11. The van der Waals surface area contributed by atoms with E-state index >= 15 is 0 Å². The van der Waals surface area contributed by atoms with Gasteiger partial charge in [-0.1, -0.05) is 0 Å². The van der Waals surface area contributed by atoms with Crippen LogP contribution in [0, 0.1) is 0 Å². The Kier molecular flexibility index (Phi) is 2.19. The van der Waals surface area contributed by atoms with Crippen LogP contribution in [0.4, 0.5) is 0 Å². The summed E-state index contributed by atoms with van der Waals surface area (Å²) in [6.45, 7) is 0. The van der Waals surface area contributed by atoms with Crippen molar-refractivity contribution in [1.29, 1.82) is 0 Å². The molecule has 0 bridgehead atoms. The van der Waals surface area contributed by atoms with Gasteiger partial charge in [-0.05, 0) is 42.2 Å². The zero-order chi connectivity index (χ0) is 7.68. The SMILES string of the molecule is ClCc1csc2c1CCCC2. The molecule has 2 heteroatoms. The monoisotopic (exact) mass is 186 g/mol. The average molecular weight is 187 g/mol. The largest absolute Gasteiger partial charge is 0.148 e. The minimum atomic E-state index is 0.700. The molecule has 1 aliphatic rings. The first-order chi connectivity index (χ1) is 5.42. The van der Waals surface area contributed by atoms with E-state index in [1.807, 2.05) is 11.3 Å². The van der Waals surface area contributed by atoms with E-state index in [1.54, 1.807) is 10.4 Å². The predicted octanol–water partition coefficient (Wildman–Crippen LogP) is 3.37. The highest BCUT2D eigenvalue weighted by atomic mass is 35.5. The van der Waals surface area contributed by atoms with Crippen LogP contribution in [-0.4, -0.2) is 0 Å². The lowest BCUT2D eigenvalue weighted by atomic mass is 9.97. The van der Waals surface area contributed by atoms with Crippen LogP contribution >= 0.6 is 22.9 Å². The molecule has 1 aromatic heterocycles. The molecule has 0 fully saturated rings. The predicted molar refractivity (Wildman–Crippen MR) is 50.5 cm³/mol. The zero-order valence-corrected chi connectivity index (χ0v) is 7.97. The van der Waals surface area contributed by atoms with Crippen molar-refractivity contribution in [2.75, 3.05) is 0 Å². The van der Waals surface area contributed by atoms with Crippen molar-refractivity contribution in [3.63, 3.8) is 0 Å². The van der Waals surface area contributed by atoms with Gasteiger partial charge in [0.15, 0.2) is 0 Å². The van der Waals surface area contributed by atoms with E-state index < -0.39 is 0 Å². The van der Waals surface area contributed by atoms with Crippen molar-refractivity contribution in [1.82, 2.24) is 0 Å². The van der Waals surface area contributed by atoms with Gasteiger partial charge in [-0.3, -0.25) is 0 Å². The normalized spacial score (nSPS) is 16.5. The third-order valence-electron chi connectivity index (χ3n) is 2.29. The number of aryl methyl sites for hydroxylation is 1. The fourth-order valence-electron chi connectivity index (χ4n) is 1.67. The molecule has 0 saturated heterocycles. The van der Waals surface area contributed by atoms with Gasteiger partial charge in [0, 0.05) is 10.8 Å². The molecule has 11 heavy (non-hydrogen) atoms. The Bertz CT molecular complexity index is 239. The molecule has 1 aliphatic carbocycles. The van der Waals surface area contributed by atoms with Crippen LogP contribution in [0.25, 0.3) is 0 Å². The molecule has 2 rings (SSSR count). The standard InChI is InChI=1S/C9H11ClS/c10-5-7-6-11-9-4-2-1-3-8(7)9/h6H,1-5H2. The number of fused-ring (bicyclic) bond motifs is 1. The summed E-state index contributed by atoms with van der Waals surface area (Å²) in [4.78, 5) is 1.59. The summed E-state index contributed by atoms with van der Waals surface area (Å²) in [7, 11) is 0. The van der Waals surface area contributed by atoms with Gasteiger partial charge in [-0.25, -0.2) is 0 Å². The molecule has 0 aliphatic heterocycles. The highest BCUT2D eigenvalue weighted by Crippen LogP contribution is 2.30. The summed E-state index contributed by atoms with van der Waals surface area (Å²) in [5, 5.41) is 2.23. The quantitative estimate of drug-likeness (QED) is 0.590. The summed E-state index contributed by atoms with van der Waals surface area (Å²) in [5.41, 5.74) is 2.95. The van der Waals surface area contributed by atoms with Gasteiger partial charge in [0.25, 0.3) is 0 Å². The molecule has 0 spiro atoms. The Morgan fingerprint density at radius 2 is 2.18 bits per heavy atom. The van der Waals surface area contributed by atoms with Crippen molar-refractivity contribution < 1.29 is 0 Å². The smallest absolute Gasteiger partial charge is 0.0485 e.